The normalized spacial score (nSPS) is 15.9. The van der Waals surface area contributed by atoms with E-state index in [1.54, 1.807) is 6.92 Å². The van der Waals surface area contributed by atoms with Gasteiger partial charge < -0.3 is 20.0 Å². The summed E-state index contributed by atoms with van der Waals surface area (Å²) < 4.78 is 50.0. The number of hydrogen-bond acceptors (Lipinski definition) is 10. The molecule has 54 heavy (non-hydrogen) atoms. The molecule has 16 heteroatoms. The van der Waals surface area contributed by atoms with Crippen molar-refractivity contribution in [2.75, 3.05) is 36.0 Å². The van der Waals surface area contributed by atoms with Gasteiger partial charge in [-0.25, -0.2) is 23.5 Å². The number of aliphatic hydroxyl groups is 2. The van der Waals surface area contributed by atoms with Crippen molar-refractivity contribution >= 4 is 11.4 Å². The maximum Gasteiger partial charge on any atom is 0.350 e. The van der Waals surface area contributed by atoms with Crippen LogP contribution in [0.4, 0.5) is 24.5 Å². The van der Waals surface area contributed by atoms with Crippen LogP contribution in [-0.4, -0.2) is 82.5 Å². The number of nitrogens with one attached hydrogen (secondary N) is 1. The van der Waals surface area contributed by atoms with Crippen molar-refractivity contribution in [2.24, 2.45) is 0 Å². The highest BCUT2D eigenvalue weighted by atomic mass is 19.3. The second-order valence-electron chi connectivity index (χ2n) is 13.4. The lowest BCUT2D eigenvalue weighted by Gasteiger charge is -2.37. The van der Waals surface area contributed by atoms with Gasteiger partial charge in [-0.1, -0.05) is 43.3 Å². The molecule has 3 N–H and O–H groups in total. The van der Waals surface area contributed by atoms with Gasteiger partial charge in [0.1, 0.15) is 17.8 Å². The number of aromatic amines is 1. The SMILES string of the molecule is CCC(C(C)O)n1ncn(-c2ccc(N3CCN(c4ccc(-c5ccc(C(F)(F)C(O)(Cc6nnn[nH]6)c6ccccc6F)nc5)cc4)CC3)cc2)c1=O. The molecule has 1 aliphatic heterocycles. The summed E-state index contributed by atoms with van der Waals surface area (Å²) in [5, 5.41) is 38.5. The number of aromatic nitrogens is 8. The van der Waals surface area contributed by atoms with Crippen molar-refractivity contribution in [1.82, 2.24) is 40.0 Å². The summed E-state index contributed by atoms with van der Waals surface area (Å²) in [5.74, 6) is -5.18. The summed E-state index contributed by atoms with van der Waals surface area (Å²) in [4.78, 5) is 21.6. The third kappa shape index (κ3) is 6.85. The lowest BCUT2D eigenvalue weighted by molar-refractivity contribution is -0.199. The van der Waals surface area contributed by atoms with Crippen LogP contribution in [0, 0.1) is 5.82 Å². The molecule has 1 saturated heterocycles. The van der Waals surface area contributed by atoms with Crippen molar-refractivity contribution in [3.05, 3.63) is 131 Å². The number of H-pyrrole nitrogens is 1. The van der Waals surface area contributed by atoms with E-state index >= 15 is 8.78 Å². The van der Waals surface area contributed by atoms with Crippen LogP contribution >= 0.6 is 0 Å². The average Bonchev–Trinajstić information content (AvgIpc) is 3.84. The third-order valence-electron chi connectivity index (χ3n) is 10.1. The third-order valence-corrected chi connectivity index (χ3v) is 10.1. The monoisotopic (exact) mass is 740 g/mol. The summed E-state index contributed by atoms with van der Waals surface area (Å²) in [6.07, 6.45) is 1.88. The molecule has 280 valence electrons. The van der Waals surface area contributed by atoms with Gasteiger partial charge in [-0.3, -0.25) is 4.98 Å². The molecular formula is C38H39F3N10O3. The molecule has 6 aromatic rings. The lowest BCUT2D eigenvalue weighted by atomic mass is 9.81. The van der Waals surface area contributed by atoms with E-state index in [4.69, 9.17) is 0 Å². The first-order valence-corrected chi connectivity index (χ1v) is 17.6. The molecule has 4 heterocycles. The Hall–Kier alpha value is -5.87. The number of piperazine rings is 1. The van der Waals surface area contributed by atoms with Crippen molar-refractivity contribution in [3.8, 4) is 16.8 Å². The predicted octanol–water partition coefficient (Wildman–Crippen LogP) is 4.63. The maximum atomic E-state index is 16.2. The number of hydrogen-bond donors (Lipinski definition) is 3. The van der Waals surface area contributed by atoms with E-state index in [1.807, 2.05) is 55.5 Å². The quantitative estimate of drug-likeness (QED) is 0.162. The Labute approximate surface area is 308 Å². The molecule has 0 amide bonds. The van der Waals surface area contributed by atoms with Crippen LogP contribution in [0.1, 0.15) is 43.4 Å². The highest BCUT2D eigenvalue weighted by Crippen LogP contribution is 2.47. The van der Waals surface area contributed by atoms with Crippen LogP contribution in [0.2, 0.25) is 0 Å². The minimum absolute atomic E-state index is 0.146. The first kappa shape index (κ1) is 36.5. The van der Waals surface area contributed by atoms with Gasteiger partial charge >= 0.3 is 11.6 Å². The highest BCUT2D eigenvalue weighted by molar-refractivity contribution is 5.66. The Morgan fingerprint density at radius 2 is 1.48 bits per heavy atom. The summed E-state index contributed by atoms with van der Waals surface area (Å²) in [5.41, 5.74) is -0.600. The Bertz CT molecular complexity index is 2220. The van der Waals surface area contributed by atoms with E-state index in [0.717, 1.165) is 61.3 Å². The van der Waals surface area contributed by atoms with Crippen molar-refractivity contribution < 1.29 is 23.4 Å². The number of rotatable bonds is 12. The van der Waals surface area contributed by atoms with Gasteiger partial charge in [-0.2, -0.15) is 13.9 Å². The molecule has 0 aliphatic carbocycles. The summed E-state index contributed by atoms with van der Waals surface area (Å²) in [7, 11) is 0. The smallest absolute Gasteiger partial charge is 0.350 e. The van der Waals surface area contributed by atoms with Crippen molar-refractivity contribution in [3.63, 3.8) is 0 Å². The van der Waals surface area contributed by atoms with Gasteiger partial charge in [-0.15, -0.1) is 5.10 Å². The van der Waals surface area contributed by atoms with E-state index in [-0.39, 0.29) is 11.5 Å². The number of benzene rings is 3. The van der Waals surface area contributed by atoms with Gasteiger partial charge in [-0.05, 0) is 77.9 Å². The number of pyridine rings is 1. The van der Waals surface area contributed by atoms with Crippen LogP contribution in [0.5, 0.6) is 0 Å². The molecular weight excluding hydrogens is 701 g/mol. The lowest BCUT2D eigenvalue weighted by Crippen LogP contribution is -2.46. The summed E-state index contributed by atoms with van der Waals surface area (Å²) >= 11 is 0. The zero-order valence-corrected chi connectivity index (χ0v) is 29.6. The van der Waals surface area contributed by atoms with E-state index in [9.17, 15) is 19.4 Å². The molecule has 1 fully saturated rings. The first-order chi connectivity index (χ1) is 26.0. The standard InChI is InChI=1S/C38H39F3N10O3/c1-3-33(25(2)52)51-36(53)50(24-43-51)30-15-13-29(14-16-30)49-20-18-48(19-21-49)28-11-8-26(9-12-28)27-10-17-34(42-23-27)38(40,41)37(54,22-35-44-46-47-45-35)31-6-4-5-7-32(31)39/h4-17,23-25,33,52,54H,3,18-22H2,1-2H3,(H,44,45,46,47). The summed E-state index contributed by atoms with van der Waals surface area (Å²) in [6.45, 7) is 6.65. The predicted molar refractivity (Wildman–Crippen MR) is 195 cm³/mol. The van der Waals surface area contributed by atoms with E-state index < -0.39 is 47.2 Å². The second kappa shape index (κ2) is 14.9. The number of alkyl halides is 2. The molecule has 3 aromatic heterocycles. The molecule has 3 aromatic carbocycles. The zero-order valence-electron chi connectivity index (χ0n) is 29.6. The molecule has 0 spiro atoms. The number of nitrogens with zero attached hydrogens (tertiary/aromatic N) is 9. The van der Waals surface area contributed by atoms with Gasteiger partial charge in [0.05, 0.1) is 17.8 Å². The Morgan fingerprint density at radius 3 is 2.04 bits per heavy atom. The topological polar surface area (TPSA) is 154 Å². The minimum Gasteiger partial charge on any atom is -0.391 e. The fourth-order valence-electron chi connectivity index (χ4n) is 6.98. The fourth-order valence-corrected chi connectivity index (χ4v) is 6.98. The van der Waals surface area contributed by atoms with Crippen LogP contribution in [0.15, 0.2) is 102 Å². The largest absolute Gasteiger partial charge is 0.391 e. The number of halogens is 3. The maximum absolute atomic E-state index is 16.2. The molecule has 13 nitrogen and oxygen atoms in total. The van der Waals surface area contributed by atoms with Crippen molar-refractivity contribution in [2.45, 2.75) is 50.4 Å². The van der Waals surface area contributed by atoms with Crippen LogP contribution in [-0.2, 0) is 17.9 Å². The Kier molecular flexibility index (Phi) is 10.0. The Morgan fingerprint density at radius 1 is 0.870 bits per heavy atom. The van der Waals surface area contributed by atoms with E-state index in [1.165, 1.54) is 40.0 Å². The number of anilines is 2. The van der Waals surface area contributed by atoms with Crippen LogP contribution < -0.4 is 15.5 Å². The van der Waals surface area contributed by atoms with Crippen LogP contribution in [0.25, 0.3) is 16.8 Å². The van der Waals surface area contributed by atoms with Gasteiger partial charge in [0, 0.05) is 61.3 Å². The van der Waals surface area contributed by atoms with E-state index in [0.29, 0.717) is 17.7 Å². The second-order valence-corrected chi connectivity index (χ2v) is 13.4. The van der Waals surface area contributed by atoms with Crippen molar-refractivity contribution in [1.29, 1.82) is 0 Å². The van der Waals surface area contributed by atoms with E-state index in [2.05, 4.69) is 40.5 Å². The summed E-state index contributed by atoms with van der Waals surface area (Å²) in [6, 6.07) is 22.5. The molecule has 0 radical (unpaired) electrons. The highest BCUT2D eigenvalue weighted by Gasteiger charge is 2.57. The molecule has 0 saturated carbocycles. The molecule has 1 aliphatic rings. The van der Waals surface area contributed by atoms with Gasteiger partial charge in [0.2, 0.25) is 0 Å². The zero-order chi connectivity index (χ0) is 38.0. The van der Waals surface area contributed by atoms with Gasteiger partial charge in [0.25, 0.3) is 0 Å². The average molecular weight is 741 g/mol. The fraction of sp³-hybridized carbons (Fsp3) is 0.316. The molecule has 0 bridgehead atoms. The number of tetrazole rings is 1. The number of aliphatic hydroxyl groups excluding tert-OH is 1. The Balaban J connectivity index is 1.000. The molecule has 7 rings (SSSR count). The minimum atomic E-state index is -4.03. The molecule has 3 unspecified atom stereocenters. The van der Waals surface area contributed by atoms with Crippen LogP contribution in [0.3, 0.4) is 0 Å². The molecule has 3 atom stereocenters. The first-order valence-electron chi connectivity index (χ1n) is 17.6. The van der Waals surface area contributed by atoms with Gasteiger partial charge in [0.15, 0.2) is 11.4 Å².